The molecule has 0 aliphatic rings. The Morgan fingerprint density at radius 2 is 1.67 bits per heavy atom. The highest BCUT2D eigenvalue weighted by Gasteiger charge is 1.90. The fraction of sp³-hybridized carbons (Fsp3) is 0.846. The summed E-state index contributed by atoms with van der Waals surface area (Å²) in [6.07, 6.45) is 13.4. The highest BCUT2D eigenvalue weighted by atomic mass is 32.2. The van der Waals surface area contributed by atoms with Gasteiger partial charge in [-0.25, -0.2) is 0 Å². The lowest BCUT2D eigenvalue weighted by Gasteiger charge is -2.04. The third-order valence-electron chi connectivity index (χ3n) is 2.46. The van der Waals surface area contributed by atoms with E-state index in [0.717, 1.165) is 0 Å². The van der Waals surface area contributed by atoms with Gasteiger partial charge in [-0.1, -0.05) is 18.9 Å². The van der Waals surface area contributed by atoms with E-state index in [0.29, 0.717) is 0 Å². The highest BCUT2D eigenvalue weighted by Crippen LogP contribution is 2.01. The van der Waals surface area contributed by atoms with Gasteiger partial charge in [-0.3, -0.25) is 0 Å². The van der Waals surface area contributed by atoms with Crippen molar-refractivity contribution in [2.24, 2.45) is 0 Å². The molecule has 0 aliphatic heterocycles. The molecule has 0 aliphatic carbocycles. The number of unbranched alkanes of at least 4 members (excludes halogenated alkanes) is 5. The lowest BCUT2D eigenvalue weighted by atomic mass is 10.2. The van der Waals surface area contributed by atoms with Crippen LogP contribution in [0.15, 0.2) is 12.7 Å². The molecule has 2 heteroatoms. The summed E-state index contributed by atoms with van der Waals surface area (Å²) in [5.41, 5.74) is 0. The Morgan fingerprint density at radius 1 is 1.00 bits per heavy atom. The second-order valence-electron chi connectivity index (χ2n) is 3.94. The van der Waals surface area contributed by atoms with Crippen LogP contribution in [0.3, 0.4) is 0 Å². The zero-order valence-electron chi connectivity index (χ0n) is 10.3. The van der Waals surface area contributed by atoms with Crippen molar-refractivity contribution >= 4 is 11.8 Å². The Labute approximate surface area is 100 Å². The van der Waals surface area contributed by atoms with Crippen LogP contribution >= 0.6 is 11.8 Å². The van der Waals surface area contributed by atoms with E-state index < -0.39 is 0 Å². The van der Waals surface area contributed by atoms with Gasteiger partial charge in [0.1, 0.15) is 0 Å². The second-order valence-corrected chi connectivity index (χ2v) is 4.93. The summed E-state index contributed by atoms with van der Waals surface area (Å²) in [5, 5.41) is 3.51. The zero-order valence-corrected chi connectivity index (χ0v) is 11.1. The molecule has 0 amide bonds. The van der Waals surface area contributed by atoms with Crippen LogP contribution in [0.25, 0.3) is 0 Å². The third kappa shape index (κ3) is 14.1. The lowest BCUT2D eigenvalue weighted by Crippen LogP contribution is -2.16. The summed E-state index contributed by atoms with van der Waals surface area (Å²) in [6.45, 7) is 6.12. The minimum absolute atomic E-state index is 1.18. The Kier molecular flexibility index (Phi) is 14.1. The summed E-state index contributed by atoms with van der Waals surface area (Å²) >= 11 is 1.95. The smallest absolute Gasteiger partial charge is 0.00489 e. The Balaban J connectivity index is 2.83. The molecule has 0 saturated carbocycles. The van der Waals surface area contributed by atoms with E-state index in [9.17, 15) is 0 Å². The largest absolute Gasteiger partial charge is 0.317 e. The number of thioether (sulfide) groups is 1. The SMILES string of the molecule is C=CCCCCCNCCCCCSC. The number of rotatable bonds is 12. The van der Waals surface area contributed by atoms with E-state index in [1.54, 1.807) is 0 Å². The quantitative estimate of drug-likeness (QED) is 0.403. The highest BCUT2D eigenvalue weighted by molar-refractivity contribution is 7.98. The van der Waals surface area contributed by atoms with Crippen LogP contribution in [0.5, 0.6) is 0 Å². The molecule has 0 heterocycles. The predicted molar refractivity (Wildman–Crippen MR) is 73.8 cm³/mol. The van der Waals surface area contributed by atoms with Crippen molar-refractivity contribution in [3.63, 3.8) is 0 Å². The van der Waals surface area contributed by atoms with Crippen molar-refractivity contribution in [2.75, 3.05) is 25.1 Å². The molecule has 0 radical (unpaired) electrons. The van der Waals surface area contributed by atoms with Crippen molar-refractivity contribution in [2.45, 2.75) is 44.9 Å². The summed E-state index contributed by atoms with van der Waals surface area (Å²) in [7, 11) is 0. The van der Waals surface area contributed by atoms with Gasteiger partial charge in [0, 0.05) is 0 Å². The molecule has 0 unspecified atom stereocenters. The summed E-state index contributed by atoms with van der Waals surface area (Å²) in [6, 6.07) is 0. The van der Waals surface area contributed by atoms with Crippen LogP contribution < -0.4 is 5.32 Å². The van der Waals surface area contributed by atoms with Gasteiger partial charge < -0.3 is 5.32 Å². The first-order valence-electron chi connectivity index (χ1n) is 6.22. The summed E-state index contributed by atoms with van der Waals surface area (Å²) in [4.78, 5) is 0. The molecule has 90 valence electrons. The van der Waals surface area contributed by atoms with Crippen molar-refractivity contribution in [3.05, 3.63) is 12.7 Å². The standard InChI is InChI=1S/C13H27NS/c1-3-4-5-6-8-11-14-12-9-7-10-13-15-2/h3,14H,1,4-13H2,2H3. The van der Waals surface area contributed by atoms with E-state index in [4.69, 9.17) is 0 Å². The average molecular weight is 229 g/mol. The molecule has 0 spiro atoms. The van der Waals surface area contributed by atoms with Crippen LogP contribution in [0.2, 0.25) is 0 Å². The minimum Gasteiger partial charge on any atom is -0.317 e. The topological polar surface area (TPSA) is 12.0 Å². The normalized spacial score (nSPS) is 10.5. The van der Waals surface area contributed by atoms with Crippen LogP contribution in [0.1, 0.15) is 44.9 Å². The Morgan fingerprint density at radius 3 is 2.27 bits per heavy atom. The molecule has 0 atom stereocenters. The van der Waals surface area contributed by atoms with Crippen molar-refractivity contribution in [3.8, 4) is 0 Å². The molecule has 0 aromatic rings. The fourth-order valence-corrected chi connectivity index (χ4v) is 2.01. The van der Waals surface area contributed by atoms with Gasteiger partial charge in [-0.05, 0) is 57.2 Å². The van der Waals surface area contributed by atoms with Crippen molar-refractivity contribution < 1.29 is 0 Å². The molecular formula is C13H27NS. The van der Waals surface area contributed by atoms with Gasteiger partial charge in [-0.2, -0.15) is 11.8 Å². The third-order valence-corrected chi connectivity index (χ3v) is 3.16. The van der Waals surface area contributed by atoms with E-state index in [-0.39, 0.29) is 0 Å². The number of allylic oxidation sites excluding steroid dienone is 1. The maximum atomic E-state index is 3.73. The van der Waals surface area contributed by atoms with Gasteiger partial charge in [0.15, 0.2) is 0 Å². The first kappa shape index (κ1) is 15.0. The van der Waals surface area contributed by atoms with Gasteiger partial charge in [0.05, 0.1) is 0 Å². The average Bonchev–Trinajstić information content (AvgIpc) is 2.26. The van der Waals surface area contributed by atoms with Crippen LogP contribution in [-0.4, -0.2) is 25.1 Å². The minimum atomic E-state index is 1.18. The van der Waals surface area contributed by atoms with Gasteiger partial charge >= 0.3 is 0 Å². The van der Waals surface area contributed by atoms with E-state index >= 15 is 0 Å². The molecule has 0 saturated heterocycles. The Bertz CT molecular complexity index is 126. The number of hydrogen-bond donors (Lipinski definition) is 1. The number of hydrogen-bond acceptors (Lipinski definition) is 2. The molecule has 1 N–H and O–H groups in total. The fourth-order valence-electron chi connectivity index (χ4n) is 1.51. The van der Waals surface area contributed by atoms with Crippen molar-refractivity contribution in [1.82, 2.24) is 5.32 Å². The van der Waals surface area contributed by atoms with E-state index in [2.05, 4.69) is 18.2 Å². The predicted octanol–water partition coefficient (Wildman–Crippen LogP) is 3.86. The molecule has 0 fully saturated rings. The lowest BCUT2D eigenvalue weighted by molar-refractivity contribution is 0.578. The number of nitrogens with one attached hydrogen (secondary N) is 1. The van der Waals surface area contributed by atoms with Crippen LogP contribution in [-0.2, 0) is 0 Å². The molecule has 0 rings (SSSR count). The molecule has 0 aromatic carbocycles. The van der Waals surface area contributed by atoms with Gasteiger partial charge in [0.2, 0.25) is 0 Å². The summed E-state index contributed by atoms with van der Waals surface area (Å²) in [5.74, 6) is 1.32. The summed E-state index contributed by atoms with van der Waals surface area (Å²) < 4.78 is 0. The molecule has 15 heavy (non-hydrogen) atoms. The van der Waals surface area contributed by atoms with Gasteiger partial charge in [0.25, 0.3) is 0 Å². The molecule has 1 nitrogen and oxygen atoms in total. The first-order chi connectivity index (χ1) is 7.41. The van der Waals surface area contributed by atoms with E-state index in [1.807, 2.05) is 17.8 Å². The van der Waals surface area contributed by atoms with Crippen molar-refractivity contribution in [1.29, 1.82) is 0 Å². The van der Waals surface area contributed by atoms with Crippen LogP contribution in [0, 0.1) is 0 Å². The maximum absolute atomic E-state index is 3.73. The zero-order chi connectivity index (χ0) is 11.2. The maximum Gasteiger partial charge on any atom is -0.00489 e. The Hall–Kier alpha value is 0.0500. The van der Waals surface area contributed by atoms with Crippen LogP contribution in [0.4, 0.5) is 0 Å². The van der Waals surface area contributed by atoms with Gasteiger partial charge in [-0.15, -0.1) is 6.58 Å². The monoisotopic (exact) mass is 229 g/mol. The van der Waals surface area contributed by atoms with E-state index in [1.165, 1.54) is 63.8 Å². The molecule has 0 bridgehead atoms. The molecular weight excluding hydrogens is 202 g/mol. The molecule has 0 aromatic heterocycles. The first-order valence-corrected chi connectivity index (χ1v) is 7.61. The second kappa shape index (κ2) is 14.1.